The SMILES string of the molecule is CC(C)[N+]12CC[N+](CN(C)C)(CC1)CC2.[Ru+]. The fourth-order valence-electron chi connectivity index (χ4n) is 3.49. The van der Waals surface area contributed by atoms with Crippen molar-refractivity contribution in [2.45, 2.75) is 19.9 Å². The van der Waals surface area contributed by atoms with Gasteiger partial charge >= 0.3 is 19.5 Å². The van der Waals surface area contributed by atoms with Gasteiger partial charge in [-0.1, -0.05) is 0 Å². The molecule has 0 atom stereocenters. The number of quaternary nitrogens is 2. The molecule has 16 heavy (non-hydrogen) atoms. The molecule has 0 N–H and O–H groups in total. The van der Waals surface area contributed by atoms with Gasteiger partial charge in [0.25, 0.3) is 0 Å². The standard InChI is InChI=1S/C12H27N3.Ru/c1-12(2)15-8-5-14(6-9-15,7-10-15)11-13(3)4;/h12H,5-11H2,1-4H3;/q+2;+1. The van der Waals surface area contributed by atoms with E-state index >= 15 is 0 Å². The zero-order valence-electron chi connectivity index (χ0n) is 11.2. The third-order valence-corrected chi connectivity index (χ3v) is 4.74. The summed E-state index contributed by atoms with van der Waals surface area (Å²) >= 11 is 0. The van der Waals surface area contributed by atoms with Gasteiger partial charge in [-0.15, -0.1) is 0 Å². The molecule has 0 unspecified atom stereocenters. The van der Waals surface area contributed by atoms with E-state index in [2.05, 4.69) is 32.8 Å². The van der Waals surface area contributed by atoms with Crippen LogP contribution in [0, 0.1) is 0 Å². The molecule has 0 amide bonds. The Kier molecular flexibility index (Phi) is 4.56. The average Bonchev–Trinajstić information content (AvgIpc) is 2.18. The third kappa shape index (κ3) is 2.50. The molecule has 3 fully saturated rings. The van der Waals surface area contributed by atoms with Crippen molar-refractivity contribution in [3.63, 3.8) is 0 Å². The minimum atomic E-state index is 0. The number of hydrogen-bond donors (Lipinski definition) is 0. The summed E-state index contributed by atoms with van der Waals surface area (Å²) in [5.41, 5.74) is 0. The molecule has 3 nitrogen and oxygen atoms in total. The van der Waals surface area contributed by atoms with Crippen molar-refractivity contribution in [1.82, 2.24) is 4.90 Å². The molecule has 0 aromatic carbocycles. The summed E-state index contributed by atoms with van der Waals surface area (Å²) in [5, 5.41) is 0. The minimum Gasteiger partial charge on any atom is -0.308 e. The Morgan fingerprint density at radius 1 is 0.938 bits per heavy atom. The Morgan fingerprint density at radius 2 is 1.38 bits per heavy atom. The topological polar surface area (TPSA) is 3.24 Å². The summed E-state index contributed by atoms with van der Waals surface area (Å²) in [5.74, 6) is 0. The normalized spacial score (nSPS) is 37.9. The monoisotopic (exact) mass is 315 g/mol. The van der Waals surface area contributed by atoms with Crippen LogP contribution in [0.5, 0.6) is 0 Å². The Hall–Kier alpha value is 0.503. The molecule has 3 aliphatic heterocycles. The van der Waals surface area contributed by atoms with E-state index in [0.717, 1.165) is 6.04 Å². The quantitative estimate of drug-likeness (QED) is 0.544. The summed E-state index contributed by atoms with van der Waals surface area (Å²) in [6.45, 7) is 14.5. The van der Waals surface area contributed by atoms with Crippen molar-refractivity contribution < 1.29 is 28.4 Å². The Bertz CT molecular complexity index is 216. The van der Waals surface area contributed by atoms with Crippen molar-refractivity contribution >= 4 is 0 Å². The van der Waals surface area contributed by atoms with Gasteiger partial charge in [0.2, 0.25) is 0 Å². The first-order chi connectivity index (χ1) is 6.98. The molecular formula is C12H27N3Ru+3. The molecule has 95 valence electrons. The number of rotatable bonds is 3. The third-order valence-electron chi connectivity index (χ3n) is 4.74. The zero-order chi connectivity index (χ0) is 11.1. The smallest absolute Gasteiger partial charge is 0.308 e. The fourth-order valence-corrected chi connectivity index (χ4v) is 3.49. The second-order valence-corrected chi connectivity index (χ2v) is 6.22. The van der Waals surface area contributed by atoms with Crippen LogP contribution in [-0.4, -0.2) is 79.9 Å². The minimum absolute atomic E-state index is 0. The maximum Gasteiger partial charge on any atom is 1.00 e. The van der Waals surface area contributed by atoms with Gasteiger partial charge < -0.3 is 4.48 Å². The number of piperazine rings is 3. The number of hydrogen-bond acceptors (Lipinski definition) is 1. The average molecular weight is 314 g/mol. The number of nitrogens with zero attached hydrogens (tertiary/aromatic N) is 3. The van der Waals surface area contributed by atoms with E-state index in [1.54, 1.807) is 0 Å². The van der Waals surface area contributed by atoms with Crippen LogP contribution in [-0.2, 0) is 19.5 Å². The Balaban J connectivity index is 0.00000128. The van der Waals surface area contributed by atoms with Crippen molar-refractivity contribution in [2.75, 3.05) is 60.0 Å². The van der Waals surface area contributed by atoms with E-state index < -0.39 is 0 Å². The molecule has 0 saturated carbocycles. The largest absolute Gasteiger partial charge is 1.00 e. The molecule has 3 rings (SSSR count). The predicted molar refractivity (Wildman–Crippen MR) is 63.4 cm³/mol. The molecule has 3 saturated heterocycles. The second-order valence-electron chi connectivity index (χ2n) is 6.22. The van der Waals surface area contributed by atoms with Gasteiger partial charge in [-0.3, -0.25) is 9.38 Å². The van der Waals surface area contributed by atoms with Crippen LogP contribution in [0.3, 0.4) is 0 Å². The molecule has 0 aromatic heterocycles. The fraction of sp³-hybridized carbons (Fsp3) is 1.00. The van der Waals surface area contributed by atoms with Crippen LogP contribution >= 0.6 is 0 Å². The van der Waals surface area contributed by atoms with Gasteiger partial charge in [0.15, 0.2) is 0 Å². The van der Waals surface area contributed by atoms with Gasteiger partial charge in [-0.05, 0) is 27.9 Å². The number of fused-ring (bicyclic) bond motifs is 3. The first kappa shape index (κ1) is 14.6. The van der Waals surface area contributed by atoms with E-state index in [-0.39, 0.29) is 19.5 Å². The Labute approximate surface area is 113 Å². The molecule has 0 spiro atoms. The predicted octanol–water partition coefficient (Wildman–Crippen LogP) is 0.572. The second kappa shape index (κ2) is 5.01. The molecule has 4 heteroatoms. The zero-order valence-corrected chi connectivity index (χ0v) is 13.0. The first-order valence-corrected chi connectivity index (χ1v) is 6.34. The molecule has 3 heterocycles. The molecule has 3 aliphatic rings. The van der Waals surface area contributed by atoms with Crippen molar-refractivity contribution in [3.8, 4) is 0 Å². The molecule has 1 radical (unpaired) electrons. The van der Waals surface area contributed by atoms with Gasteiger partial charge in [-0.2, -0.15) is 0 Å². The van der Waals surface area contributed by atoms with E-state index in [9.17, 15) is 0 Å². The maximum atomic E-state index is 2.40. The summed E-state index contributed by atoms with van der Waals surface area (Å²) < 4.78 is 2.76. The van der Waals surface area contributed by atoms with Crippen LogP contribution < -0.4 is 0 Å². The summed E-state index contributed by atoms with van der Waals surface area (Å²) in [6.07, 6.45) is 0. The van der Waals surface area contributed by atoms with Gasteiger partial charge in [0, 0.05) is 0 Å². The van der Waals surface area contributed by atoms with Gasteiger partial charge in [0.1, 0.15) is 45.9 Å². The summed E-state index contributed by atoms with van der Waals surface area (Å²) in [6, 6.07) is 0.826. The van der Waals surface area contributed by atoms with Crippen LogP contribution in [0.2, 0.25) is 0 Å². The van der Waals surface area contributed by atoms with Crippen molar-refractivity contribution in [2.24, 2.45) is 0 Å². The van der Waals surface area contributed by atoms with E-state index in [0.29, 0.717) is 0 Å². The Morgan fingerprint density at radius 3 is 1.69 bits per heavy atom. The van der Waals surface area contributed by atoms with Crippen molar-refractivity contribution in [3.05, 3.63) is 0 Å². The van der Waals surface area contributed by atoms with Crippen LogP contribution in [0.15, 0.2) is 0 Å². The van der Waals surface area contributed by atoms with E-state index in [1.165, 1.54) is 54.9 Å². The van der Waals surface area contributed by atoms with Gasteiger partial charge in [0.05, 0.1) is 6.04 Å². The maximum absolute atomic E-state index is 2.40. The van der Waals surface area contributed by atoms with Gasteiger partial charge in [-0.25, -0.2) is 0 Å². The molecular weight excluding hydrogens is 287 g/mol. The van der Waals surface area contributed by atoms with E-state index in [4.69, 9.17) is 0 Å². The van der Waals surface area contributed by atoms with Crippen molar-refractivity contribution in [1.29, 1.82) is 0 Å². The van der Waals surface area contributed by atoms with Crippen LogP contribution in [0.25, 0.3) is 0 Å². The summed E-state index contributed by atoms with van der Waals surface area (Å²) in [4.78, 5) is 2.36. The summed E-state index contributed by atoms with van der Waals surface area (Å²) in [7, 11) is 4.42. The van der Waals surface area contributed by atoms with Crippen LogP contribution in [0.1, 0.15) is 13.8 Å². The first-order valence-electron chi connectivity index (χ1n) is 6.34. The molecule has 2 bridgehead atoms. The molecule has 0 aromatic rings. The molecule has 0 aliphatic carbocycles. The van der Waals surface area contributed by atoms with E-state index in [1.807, 2.05) is 0 Å². The van der Waals surface area contributed by atoms with Crippen LogP contribution in [0.4, 0.5) is 0 Å².